The first-order chi connectivity index (χ1) is 29.0. The Labute approximate surface area is 371 Å². The number of para-hydroxylation sites is 1. The molecule has 6 N–H and O–H groups in total. The fourth-order valence-corrected chi connectivity index (χ4v) is 10.2. The average molecular weight is 882 g/mol. The molecule has 62 heavy (non-hydrogen) atoms. The van der Waals surface area contributed by atoms with Gasteiger partial charge < -0.3 is 69.1 Å². The van der Waals surface area contributed by atoms with Crippen LogP contribution in [0.1, 0.15) is 108 Å². The molecule has 358 valence electrons. The molecule has 1 aromatic rings. The number of carbonyl (C=O) groups excluding carboxylic acids is 1. The topological polar surface area (TPSA) is 190 Å². The number of nitrogens with zero attached hydrogens (tertiary/aromatic N) is 1. The molecule has 3 saturated heterocycles. The SMILES string of the molecule is CCCNC[C@]1(O)[C@H](C)O[C@@H](O[C@H]2[C@H](C)[C@@H](O[C@@H]3O[C@H](C)C[C@H](NC)[C@H]3Oc3ccccc3)[C@](C)(O)C[C@@H](C)CN(C)[C@H](C)[C@@H](O)[C@](C)(O)[C@@H](CC)OC(=O)[C@@H]2C)C[C@@]1(C)OC. The second-order valence-corrected chi connectivity index (χ2v) is 19.4. The lowest BCUT2D eigenvalue weighted by atomic mass is 9.75. The number of cyclic esters (lactones) is 1. The van der Waals surface area contributed by atoms with Crippen LogP contribution in [0.25, 0.3) is 0 Å². The van der Waals surface area contributed by atoms with Crippen molar-refractivity contribution in [3.05, 3.63) is 30.3 Å². The van der Waals surface area contributed by atoms with Crippen molar-refractivity contribution in [3.63, 3.8) is 0 Å². The Morgan fingerprint density at radius 3 is 2.19 bits per heavy atom. The molecular weight excluding hydrogens is 799 g/mol. The van der Waals surface area contributed by atoms with Crippen molar-refractivity contribution in [2.45, 2.75) is 198 Å². The van der Waals surface area contributed by atoms with Gasteiger partial charge in [0, 0.05) is 38.6 Å². The molecule has 1 aromatic carbocycles. The number of benzene rings is 1. The summed E-state index contributed by atoms with van der Waals surface area (Å²) in [5.41, 5.74) is -5.95. The summed E-state index contributed by atoms with van der Waals surface area (Å²) in [4.78, 5) is 16.5. The molecular formula is C47H83N3O12. The molecule has 0 aliphatic carbocycles. The van der Waals surface area contributed by atoms with E-state index in [9.17, 15) is 25.2 Å². The maximum atomic E-state index is 14.6. The Balaban J connectivity index is 1.86. The van der Waals surface area contributed by atoms with Crippen LogP contribution in [0.3, 0.4) is 0 Å². The minimum absolute atomic E-state index is 0.102. The Morgan fingerprint density at radius 1 is 0.935 bits per heavy atom. The quantitative estimate of drug-likeness (QED) is 0.123. The monoisotopic (exact) mass is 882 g/mol. The van der Waals surface area contributed by atoms with E-state index in [1.165, 1.54) is 6.92 Å². The standard InChI is InChI=1S/C47H83N3O12/c1-15-22-49-27-47(55)33(8)58-37(25-45(47,10)56-14)61-38-30(5)41(62-43-39(35(48-12)23-29(4)57-43)59-34-20-18-17-19-21-34)44(9,53)24-28(3)26-50(13)32(7)40(51)46(11,54)36(16-2)60-42(52)31(38)6/h17-21,28-33,35-41,43,48-49,51,53-55H,15-16,22-27H2,1-14H3/t28-,29-,30+,31-,32-,33+,35+,36-,37+,38+,39-,40-,41-,43+,44-,45-,46-,47+/m1/s1. The van der Waals surface area contributed by atoms with Gasteiger partial charge in [-0.15, -0.1) is 0 Å². The maximum absolute atomic E-state index is 14.6. The molecule has 3 aliphatic heterocycles. The van der Waals surface area contributed by atoms with Crippen molar-refractivity contribution in [1.82, 2.24) is 15.5 Å². The summed E-state index contributed by atoms with van der Waals surface area (Å²) < 4.78 is 46.0. The molecule has 0 saturated carbocycles. The van der Waals surface area contributed by atoms with Gasteiger partial charge in [0.15, 0.2) is 18.7 Å². The van der Waals surface area contributed by atoms with E-state index in [0.717, 1.165) is 6.42 Å². The summed E-state index contributed by atoms with van der Waals surface area (Å²) in [6.45, 7) is 21.4. The van der Waals surface area contributed by atoms with Crippen LogP contribution in [-0.4, -0.2) is 162 Å². The predicted molar refractivity (Wildman–Crippen MR) is 237 cm³/mol. The molecule has 0 bridgehead atoms. The van der Waals surface area contributed by atoms with E-state index in [4.69, 9.17) is 33.2 Å². The van der Waals surface area contributed by atoms with Gasteiger partial charge >= 0.3 is 5.97 Å². The molecule has 4 rings (SSSR count). The van der Waals surface area contributed by atoms with Crippen LogP contribution in [0.5, 0.6) is 5.75 Å². The first-order valence-corrected chi connectivity index (χ1v) is 23.0. The van der Waals surface area contributed by atoms with Crippen LogP contribution in [-0.2, 0) is 33.2 Å². The van der Waals surface area contributed by atoms with E-state index in [0.29, 0.717) is 25.3 Å². The smallest absolute Gasteiger partial charge is 0.311 e. The molecule has 3 aliphatic rings. The third-order valence-corrected chi connectivity index (χ3v) is 14.2. The van der Waals surface area contributed by atoms with Crippen molar-refractivity contribution >= 4 is 5.97 Å². The minimum atomic E-state index is -1.81. The average Bonchev–Trinajstić information content (AvgIpc) is 3.22. The van der Waals surface area contributed by atoms with E-state index >= 15 is 0 Å². The molecule has 0 amide bonds. The highest BCUT2D eigenvalue weighted by Crippen LogP contribution is 2.43. The fraction of sp³-hybridized carbons (Fsp3) is 0.851. The molecule has 0 radical (unpaired) electrons. The Kier molecular flexibility index (Phi) is 18.7. The second kappa shape index (κ2) is 22.0. The number of esters is 1. The van der Waals surface area contributed by atoms with Gasteiger partial charge in [-0.25, -0.2) is 0 Å². The van der Waals surface area contributed by atoms with Crippen LogP contribution in [0.4, 0.5) is 0 Å². The van der Waals surface area contributed by atoms with Gasteiger partial charge in [-0.3, -0.25) is 4.79 Å². The molecule has 0 aromatic heterocycles. The van der Waals surface area contributed by atoms with Crippen molar-refractivity contribution in [2.24, 2.45) is 17.8 Å². The molecule has 3 fully saturated rings. The highest BCUT2D eigenvalue weighted by molar-refractivity contribution is 5.73. The number of aliphatic hydroxyl groups is 4. The van der Waals surface area contributed by atoms with Gasteiger partial charge in [0.2, 0.25) is 0 Å². The van der Waals surface area contributed by atoms with E-state index in [2.05, 4.69) is 17.6 Å². The third kappa shape index (κ3) is 11.9. The number of nitrogens with one attached hydrogen (secondary N) is 2. The summed E-state index contributed by atoms with van der Waals surface area (Å²) in [5, 5.41) is 55.3. The number of methoxy groups -OCH3 is 1. The number of carbonyl (C=O) groups is 1. The van der Waals surface area contributed by atoms with Gasteiger partial charge in [-0.1, -0.05) is 45.9 Å². The zero-order chi connectivity index (χ0) is 46.4. The van der Waals surface area contributed by atoms with Crippen LogP contribution >= 0.6 is 0 Å². The summed E-state index contributed by atoms with van der Waals surface area (Å²) >= 11 is 0. The summed E-state index contributed by atoms with van der Waals surface area (Å²) in [6.07, 6.45) is -5.93. The first-order valence-electron chi connectivity index (χ1n) is 23.0. The third-order valence-electron chi connectivity index (χ3n) is 14.2. The Hall–Kier alpha value is -1.99. The van der Waals surface area contributed by atoms with E-state index < -0.39 is 95.5 Å². The van der Waals surface area contributed by atoms with Crippen LogP contribution in [0.2, 0.25) is 0 Å². The largest absolute Gasteiger partial charge is 0.483 e. The van der Waals surface area contributed by atoms with Crippen molar-refractivity contribution in [1.29, 1.82) is 0 Å². The maximum Gasteiger partial charge on any atom is 0.311 e. The molecule has 15 nitrogen and oxygen atoms in total. The molecule has 0 spiro atoms. The fourth-order valence-electron chi connectivity index (χ4n) is 10.2. The molecule has 15 heteroatoms. The van der Waals surface area contributed by atoms with E-state index in [-0.39, 0.29) is 43.9 Å². The highest BCUT2D eigenvalue weighted by atomic mass is 16.7. The normalized spacial score (nSPS) is 44.5. The predicted octanol–water partition coefficient (Wildman–Crippen LogP) is 4.02. The van der Waals surface area contributed by atoms with Crippen LogP contribution in [0, 0.1) is 17.8 Å². The summed E-state index contributed by atoms with van der Waals surface area (Å²) in [7, 11) is 5.29. The van der Waals surface area contributed by atoms with Gasteiger partial charge in [-0.05, 0) is 113 Å². The van der Waals surface area contributed by atoms with Crippen molar-refractivity contribution in [3.8, 4) is 5.75 Å². The number of hydrogen-bond acceptors (Lipinski definition) is 15. The number of rotatable bonds is 13. The summed E-state index contributed by atoms with van der Waals surface area (Å²) in [5.74, 6) is -1.97. The lowest BCUT2D eigenvalue weighted by molar-refractivity contribution is -0.335. The summed E-state index contributed by atoms with van der Waals surface area (Å²) in [6, 6.07) is 8.73. The van der Waals surface area contributed by atoms with Crippen molar-refractivity contribution in [2.75, 3.05) is 40.8 Å². The van der Waals surface area contributed by atoms with Gasteiger partial charge in [0.25, 0.3) is 0 Å². The zero-order valence-electron chi connectivity index (χ0n) is 40.1. The molecule has 0 unspecified atom stereocenters. The van der Waals surface area contributed by atoms with Gasteiger partial charge in [0.05, 0.1) is 42.0 Å². The van der Waals surface area contributed by atoms with Gasteiger partial charge in [-0.2, -0.15) is 0 Å². The number of likely N-dealkylation sites (N-methyl/N-ethyl adjacent to an activating group) is 2. The van der Waals surface area contributed by atoms with Crippen molar-refractivity contribution < 1.29 is 58.4 Å². The lowest BCUT2D eigenvalue weighted by Crippen LogP contribution is -2.70. The lowest BCUT2D eigenvalue weighted by Gasteiger charge is -2.53. The van der Waals surface area contributed by atoms with E-state index in [1.54, 1.807) is 34.8 Å². The van der Waals surface area contributed by atoms with Gasteiger partial charge in [0.1, 0.15) is 34.8 Å². The Bertz CT molecular complexity index is 1520. The molecule has 18 atom stereocenters. The number of ether oxygens (including phenoxy) is 7. The molecule has 3 heterocycles. The van der Waals surface area contributed by atoms with Crippen LogP contribution in [0.15, 0.2) is 30.3 Å². The van der Waals surface area contributed by atoms with E-state index in [1.807, 2.05) is 83.9 Å². The highest BCUT2D eigenvalue weighted by Gasteiger charge is 2.58. The minimum Gasteiger partial charge on any atom is -0.483 e. The first kappa shape index (κ1) is 52.6. The Morgan fingerprint density at radius 2 is 1.60 bits per heavy atom. The number of hydrogen-bond donors (Lipinski definition) is 6. The number of aliphatic hydroxyl groups excluding tert-OH is 1. The second-order valence-electron chi connectivity index (χ2n) is 19.4. The van der Waals surface area contributed by atoms with Crippen LogP contribution < -0.4 is 15.4 Å². The zero-order valence-corrected chi connectivity index (χ0v) is 40.1.